The first-order valence-corrected chi connectivity index (χ1v) is 8.77. The van der Waals surface area contributed by atoms with Gasteiger partial charge < -0.3 is 10.1 Å². The number of hydrogen-bond acceptors (Lipinski definition) is 4. The number of rotatable bonds is 3. The molecule has 0 unspecified atom stereocenters. The second-order valence-corrected chi connectivity index (χ2v) is 7.43. The molecule has 1 aromatic carbocycles. The van der Waals surface area contributed by atoms with Crippen molar-refractivity contribution in [3.05, 3.63) is 59.4 Å². The summed E-state index contributed by atoms with van der Waals surface area (Å²) in [6, 6.07) is 8.40. The average molecular weight is 388 g/mol. The van der Waals surface area contributed by atoms with Crippen LogP contribution in [-0.2, 0) is 11.3 Å². The van der Waals surface area contributed by atoms with E-state index in [1.165, 1.54) is 6.20 Å². The van der Waals surface area contributed by atoms with Crippen molar-refractivity contribution in [1.29, 1.82) is 0 Å². The van der Waals surface area contributed by atoms with Crippen LogP contribution in [0.2, 0.25) is 5.15 Å². The maximum atomic E-state index is 15.1. The maximum absolute atomic E-state index is 15.1. The average Bonchev–Trinajstić information content (AvgIpc) is 2.59. The van der Waals surface area contributed by atoms with Gasteiger partial charge in [-0.15, -0.1) is 0 Å². The van der Waals surface area contributed by atoms with Crippen molar-refractivity contribution in [2.45, 2.75) is 32.9 Å². The summed E-state index contributed by atoms with van der Waals surface area (Å²) in [5, 5.41) is 3.99. The summed E-state index contributed by atoms with van der Waals surface area (Å²) in [7, 11) is 0. The number of aromatic nitrogens is 2. The summed E-state index contributed by atoms with van der Waals surface area (Å²) in [6.45, 7) is 5.48. The lowest BCUT2D eigenvalue weighted by Crippen LogP contribution is -2.32. The van der Waals surface area contributed by atoms with Crippen LogP contribution in [0.25, 0.3) is 21.9 Å². The molecule has 0 aliphatic rings. The lowest BCUT2D eigenvalue weighted by atomic mass is 10.0. The fourth-order valence-electron chi connectivity index (χ4n) is 2.59. The normalized spacial score (nSPS) is 11.4. The van der Waals surface area contributed by atoms with Gasteiger partial charge in [-0.1, -0.05) is 23.7 Å². The van der Waals surface area contributed by atoms with Gasteiger partial charge in [-0.2, -0.15) is 0 Å². The maximum Gasteiger partial charge on any atom is 0.407 e. The predicted molar refractivity (Wildman–Crippen MR) is 103 cm³/mol. The van der Waals surface area contributed by atoms with Crippen LogP contribution in [0, 0.1) is 5.82 Å². The number of halogens is 2. The minimum Gasteiger partial charge on any atom is -0.444 e. The fourth-order valence-corrected chi connectivity index (χ4v) is 2.76. The number of nitrogens with one attached hydrogen (secondary N) is 1. The predicted octanol–water partition coefficient (Wildman–Crippen LogP) is 5.11. The molecule has 0 atom stereocenters. The van der Waals surface area contributed by atoms with Gasteiger partial charge in [0.1, 0.15) is 16.6 Å². The lowest BCUT2D eigenvalue weighted by molar-refractivity contribution is 0.0523. The molecule has 0 fully saturated rings. The van der Waals surface area contributed by atoms with E-state index in [0.29, 0.717) is 32.7 Å². The Morgan fingerprint density at radius 1 is 1.22 bits per heavy atom. The van der Waals surface area contributed by atoms with Crippen LogP contribution in [0.15, 0.2) is 42.7 Å². The highest BCUT2D eigenvalue weighted by Gasteiger charge is 2.16. The van der Waals surface area contributed by atoms with Crippen molar-refractivity contribution in [3.8, 4) is 11.1 Å². The minimum atomic E-state index is -0.590. The quantitative estimate of drug-likeness (QED) is 0.634. The molecule has 0 saturated heterocycles. The molecule has 140 valence electrons. The van der Waals surface area contributed by atoms with E-state index in [-0.39, 0.29) is 12.4 Å². The first-order chi connectivity index (χ1) is 12.7. The molecule has 3 aromatic rings. The Bertz CT molecular complexity index is 1000. The van der Waals surface area contributed by atoms with E-state index in [9.17, 15) is 4.79 Å². The van der Waals surface area contributed by atoms with Gasteiger partial charge in [-0.25, -0.2) is 14.2 Å². The van der Waals surface area contributed by atoms with Crippen LogP contribution >= 0.6 is 11.6 Å². The summed E-state index contributed by atoms with van der Waals surface area (Å²) in [5.41, 5.74) is 0.995. The van der Waals surface area contributed by atoms with Gasteiger partial charge in [-0.3, -0.25) is 4.98 Å². The van der Waals surface area contributed by atoms with E-state index >= 15 is 4.39 Å². The Morgan fingerprint density at radius 2 is 2.00 bits per heavy atom. The van der Waals surface area contributed by atoms with Gasteiger partial charge in [0.05, 0.1) is 12.2 Å². The van der Waals surface area contributed by atoms with Crippen molar-refractivity contribution < 1.29 is 13.9 Å². The summed E-state index contributed by atoms with van der Waals surface area (Å²) in [6.07, 6.45) is 2.56. The lowest BCUT2D eigenvalue weighted by Gasteiger charge is -2.19. The number of benzene rings is 1. The van der Waals surface area contributed by atoms with Crippen molar-refractivity contribution in [2.24, 2.45) is 0 Å². The van der Waals surface area contributed by atoms with Gasteiger partial charge in [0.15, 0.2) is 0 Å². The summed E-state index contributed by atoms with van der Waals surface area (Å²) in [4.78, 5) is 20.0. The zero-order valence-corrected chi connectivity index (χ0v) is 16.0. The van der Waals surface area contributed by atoms with Gasteiger partial charge >= 0.3 is 6.09 Å². The highest BCUT2D eigenvalue weighted by atomic mass is 35.5. The molecular weight excluding hydrogens is 369 g/mol. The molecule has 0 spiro atoms. The number of amides is 1. The van der Waals surface area contributed by atoms with Crippen LogP contribution in [0.3, 0.4) is 0 Å². The van der Waals surface area contributed by atoms with E-state index in [0.717, 1.165) is 0 Å². The second kappa shape index (κ2) is 7.48. The van der Waals surface area contributed by atoms with Gasteiger partial charge in [0, 0.05) is 28.7 Å². The van der Waals surface area contributed by atoms with Gasteiger partial charge in [-0.05, 0) is 44.5 Å². The fraction of sp³-hybridized carbons (Fsp3) is 0.250. The number of ether oxygens (including phenoxy) is 1. The van der Waals surface area contributed by atoms with E-state index in [4.69, 9.17) is 16.3 Å². The molecule has 0 saturated carbocycles. The molecule has 0 radical (unpaired) electrons. The van der Waals surface area contributed by atoms with Crippen molar-refractivity contribution in [3.63, 3.8) is 0 Å². The van der Waals surface area contributed by atoms with Crippen LogP contribution in [-0.4, -0.2) is 21.7 Å². The van der Waals surface area contributed by atoms with Gasteiger partial charge in [0.25, 0.3) is 0 Å². The third-order valence-corrected chi connectivity index (χ3v) is 3.95. The first-order valence-electron chi connectivity index (χ1n) is 8.39. The summed E-state index contributed by atoms with van der Waals surface area (Å²) in [5.74, 6) is -0.379. The molecule has 2 aromatic heterocycles. The number of nitrogens with zero attached hydrogens (tertiary/aromatic N) is 2. The van der Waals surface area contributed by atoms with Crippen LogP contribution in [0.4, 0.5) is 9.18 Å². The van der Waals surface area contributed by atoms with Gasteiger partial charge in [0.2, 0.25) is 0 Å². The number of alkyl carbamates (subject to hydrolysis) is 1. The van der Waals surface area contributed by atoms with Crippen LogP contribution in [0.1, 0.15) is 26.5 Å². The Hall–Kier alpha value is -2.73. The van der Waals surface area contributed by atoms with Crippen molar-refractivity contribution in [1.82, 2.24) is 15.3 Å². The monoisotopic (exact) mass is 387 g/mol. The molecule has 1 amide bonds. The molecular formula is C20H19ClFN3O2. The van der Waals surface area contributed by atoms with Crippen molar-refractivity contribution >= 4 is 28.5 Å². The molecule has 2 heterocycles. The van der Waals surface area contributed by atoms with E-state index < -0.39 is 11.7 Å². The molecule has 0 aliphatic heterocycles. The third kappa shape index (κ3) is 4.71. The Labute approximate surface area is 161 Å². The highest BCUT2D eigenvalue weighted by Crippen LogP contribution is 2.29. The standard InChI is InChI=1S/C20H19ClFN3O2/c1-20(2,3)27-19(26)25-11-14-9-16-13(10-24-14)4-5-15(18(16)22)12-6-7-23-17(21)8-12/h4-10H,11H2,1-3H3,(H,25,26). The minimum absolute atomic E-state index is 0.135. The molecule has 5 nitrogen and oxygen atoms in total. The zero-order chi connectivity index (χ0) is 19.6. The second-order valence-electron chi connectivity index (χ2n) is 7.05. The molecule has 1 N–H and O–H groups in total. The smallest absolute Gasteiger partial charge is 0.407 e. The molecule has 3 rings (SSSR count). The molecule has 7 heteroatoms. The number of fused-ring (bicyclic) bond motifs is 1. The summed E-state index contributed by atoms with van der Waals surface area (Å²) < 4.78 is 20.3. The summed E-state index contributed by atoms with van der Waals surface area (Å²) >= 11 is 5.91. The van der Waals surface area contributed by atoms with E-state index in [2.05, 4.69) is 15.3 Å². The molecule has 0 bridgehead atoms. The van der Waals surface area contributed by atoms with E-state index in [1.807, 2.05) is 0 Å². The number of carbonyl (C=O) groups is 1. The van der Waals surface area contributed by atoms with Crippen molar-refractivity contribution in [2.75, 3.05) is 0 Å². The molecule has 27 heavy (non-hydrogen) atoms. The largest absolute Gasteiger partial charge is 0.444 e. The first kappa shape index (κ1) is 19.0. The number of pyridine rings is 2. The molecule has 0 aliphatic carbocycles. The van der Waals surface area contributed by atoms with Crippen LogP contribution in [0.5, 0.6) is 0 Å². The SMILES string of the molecule is CC(C)(C)OC(=O)NCc1cc2c(F)c(-c3ccnc(Cl)c3)ccc2cn1. The number of carbonyl (C=O) groups excluding carboxylic acids is 1. The Morgan fingerprint density at radius 3 is 2.70 bits per heavy atom. The zero-order valence-electron chi connectivity index (χ0n) is 15.2. The third-order valence-electron chi connectivity index (χ3n) is 3.74. The topological polar surface area (TPSA) is 64.1 Å². The Kier molecular flexibility index (Phi) is 5.28. The number of hydrogen-bond donors (Lipinski definition) is 1. The highest BCUT2D eigenvalue weighted by molar-refractivity contribution is 6.29. The van der Waals surface area contributed by atoms with E-state index in [1.54, 1.807) is 57.3 Å². The van der Waals surface area contributed by atoms with Crippen LogP contribution < -0.4 is 5.32 Å². The Balaban J connectivity index is 1.88.